The van der Waals surface area contributed by atoms with E-state index in [-0.39, 0.29) is 0 Å². The summed E-state index contributed by atoms with van der Waals surface area (Å²) >= 11 is 2.39. The van der Waals surface area contributed by atoms with E-state index in [1.54, 1.807) is 0 Å². The summed E-state index contributed by atoms with van der Waals surface area (Å²) in [7, 11) is 0. The van der Waals surface area contributed by atoms with Crippen LogP contribution in [0.1, 0.15) is 0 Å². The third-order valence-corrected chi connectivity index (χ3v) is 6.31. The van der Waals surface area contributed by atoms with Gasteiger partial charge in [-0.2, -0.15) is 0 Å². The van der Waals surface area contributed by atoms with Gasteiger partial charge in [-0.3, -0.25) is 0 Å². The summed E-state index contributed by atoms with van der Waals surface area (Å²) in [5.74, 6) is -0.879. The van der Waals surface area contributed by atoms with Crippen LogP contribution < -0.4 is 13.6 Å². The SMILES string of the molecule is [Au][PH](Oc1ccccc1)(Oc1ccccc1)Oc1ccccc1. The van der Waals surface area contributed by atoms with Crippen LogP contribution in [0.15, 0.2) is 91.0 Å². The zero-order valence-electron chi connectivity index (χ0n) is 12.2. The molecule has 0 unspecified atom stereocenters. The Labute approximate surface area is 148 Å². The molecule has 3 nitrogen and oxygen atoms in total. The van der Waals surface area contributed by atoms with Crippen molar-refractivity contribution in [3.63, 3.8) is 0 Å². The van der Waals surface area contributed by atoms with E-state index in [1.807, 2.05) is 91.0 Å². The molecule has 5 heteroatoms. The topological polar surface area (TPSA) is 27.7 Å². The molecule has 0 aliphatic carbocycles. The summed E-state index contributed by atoms with van der Waals surface area (Å²) in [6.07, 6.45) is 0. The molecule has 0 saturated heterocycles. The number of para-hydroxylation sites is 3. The molecule has 23 heavy (non-hydrogen) atoms. The van der Waals surface area contributed by atoms with Crippen molar-refractivity contribution in [1.82, 2.24) is 0 Å². The molecule has 0 saturated carbocycles. The average Bonchev–Trinajstić information content (AvgIpc) is 2.57. The zero-order valence-corrected chi connectivity index (χ0v) is 15.4. The second kappa shape index (κ2) is 7.67. The molecule has 0 aliphatic rings. The van der Waals surface area contributed by atoms with Gasteiger partial charge in [-0.1, -0.05) is 0 Å². The first kappa shape index (κ1) is 16.1. The van der Waals surface area contributed by atoms with Crippen molar-refractivity contribution in [3.05, 3.63) is 91.0 Å². The second-order valence-electron chi connectivity index (χ2n) is 4.68. The Hall–Kier alpha value is -1.77. The van der Waals surface area contributed by atoms with Gasteiger partial charge in [0, 0.05) is 0 Å². The molecule has 3 aromatic carbocycles. The Kier molecular flexibility index (Phi) is 5.37. The first-order valence-corrected chi connectivity index (χ1v) is 11.9. The minimum absolute atomic E-state index is 0.716. The first-order chi connectivity index (χ1) is 11.2. The van der Waals surface area contributed by atoms with Gasteiger partial charge in [-0.15, -0.1) is 0 Å². The molecule has 0 spiro atoms. The van der Waals surface area contributed by atoms with Gasteiger partial charge in [0.25, 0.3) is 0 Å². The third-order valence-electron chi connectivity index (χ3n) is 2.93. The van der Waals surface area contributed by atoms with Crippen LogP contribution in [-0.4, -0.2) is 0 Å². The van der Waals surface area contributed by atoms with Crippen molar-refractivity contribution < 1.29 is 34.1 Å². The van der Waals surface area contributed by atoms with Crippen LogP contribution in [0.4, 0.5) is 0 Å². The average molecular weight is 508 g/mol. The fourth-order valence-corrected chi connectivity index (χ4v) is 5.55. The first-order valence-electron chi connectivity index (χ1n) is 7.11. The van der Waals surface area contributed by atoms with Crippen molar-refractivity contribution in [2.24, 2.45) is 0 Å². The van der Waals surface area contributed by atoms with Crippen LogP contribution in [0.3, 0.4) is 0 Å². The molecule has 0 N–H and O–H groups in total. The van der Waals surface area contributed by atoms with Gasteiger partial charge in [-0.25, -0.2) is 0 Å². The third kappa shape index (κ3) is 4.85. The predicted molar refractivity (Wildman–Crippen MR) is 89.5 cm³/mol. The van der Waals surface area contributed by atoms with E-state index in [2.05, 4.69) is 20.5 Å². The molecule has 122 valence electrons. The Morgan fingerprint density at radius 2 is 0.739 bits per heavy atom. The number of hydrogen-bond acceptors (Lipinski definition) is 3. The van der Waals surface area contributed by atoms with Crippen LogP contribution in [-0.2, 0) is 20.5 Å². The predicted octanol–water partition coefficient (Wildman–Crippen LogP) is 5.18. The monoisotopic (exact) mass is 508 g/mol. The number of benzene rings is 3. The minimum atomic E-state index is -3.03. The van der Waals surface area contributed by atoms with E-state index in [9.17, 15) is 0 Å². The standard InChI is InChI=1S/C18H16O3P.Au/c1-4-10-16(11-5-1)19-22(20-17-12-6-2-7-13-17)21-18-14-8-3-9-15-18;/h1-15,22H;/q+1;-1. The normalized spacial score (nSPS) is 11.6. The van der Waals surface area contributed by atoms with E-state index in [4.69, 9.17) is 13.6 Å². The van der Waals surface area contributed by atoms with E-state index in [1.165, 1.54) is 0 Å². The van der Waals surface area contributed by atoms with Crippen LogP contribution in [0.5, 0.6) is 17.2 Å². The molecule has 0 heterocycles. The van der Waals surface area contributed by atoms with Crippen molar-refractivity contribution in [2.75, 3.05) is 0 Å². The Morgan fingerprint density at radius 1 is 0.478 bits per heavy atom. The molecule has 0 aromatic heterocycles. The number of rotatable bonds is 6. The van der Waals surface area contributed by atoms with Crippen molar-refractivity contribution in [1.29, 1.82) is 0 Å². The van der Waals surface area contributed by atoms with E-state index in [0.717, 1.165) is 0 Å². The van der Waals surface area contributed by atoms with Crippen molar-refractivity contribution >= 4 is 5.83 Å². The van der Waals surface area contributed by atoms with Gasteiger partial charge in [0.1, 0.15) is 0 Å². The van der Waals surface area contributed by atoms with E-state index in [0.29, 0.717) is 17.2 Å². The van der Waals surface area contributed by atoms with Gasteiger partial charge in [0.2, 0.25) is 0 Å². The molecule has 0 atom stereocenters. The molecule has 0 bridgehead atoms. The molecule has 3 aromatic rings. The van der Waals surface area contributed by atoms with Crippen LogP contribution in [0.25, 0.3) is 0 Å². The fraction of sp³-hybridized carbons (Fsp3) is 0. The summed E-state index contributed by atoms with van der Waals surface area (Å²) < 4.78 is 18.2. The van der Waals surface area contributed by atoms with Gasteiger partial charge in [0.05, 0.1) is 0 Å². The van der Waals surface area contributed by atoms with Crippen molar-refractivity contribution in [2.45, 2.75) is 0 Å². The molecule has 0 amide bonds. The molecular weight excluding hydrogens is 492 g/mol. The quantitative estimate of drug-likeness (QED) is 0.340. The number of hydrogen-bond donors (Lipinski definition) is 0. The molecule has 0 radical (unpaired) electrons. The van der Waals surface area contributed by atoms with Crippen LogP contribution in [0.2, 0.25) is 0 Å². The Morgan fingerprint density at radius 3 is 1.00 bits per heavy atom. The summed E-state index contributed by atoms with van der Waals surface area (Å²) in [6.45, 7) is 0. The summed E-state index contributed by atoms with van der Waals surface area (Å²) in [4.78, 5) is 0. The summed E-state index contributed by atoms with van der Waals surface area (Å²) in [5.41, 5.74) is 0. The van der Waals surface area contributed by atoms with Crippen LogP contribution >= 0.6 is 5.83 Å². The van der Waals surface area contributed by atoms with E-state index < -0.39 is 5.83 Å². The van der Waals surface area contributed by atoms with Gasteiger partial charge in [0.15, 0.2) is 0 Å². The molecule has 3 rings (SSSR count). The Bertz CT molecular complexity index is 622. The van der Waals surface area contributed by atoms with E-state index >= 15 is 0 Å². The summed E-state index contributed by atoms with van der Waals surface area (Å²) in [5, 5.41) is 0. The second-order valence-corrected chi connectivity index (χ2v) is 10.1. The van der Waals surface area contributed by atoms with Crippen LogP contribution in [0, 0.1) is 0 Å². The zero-order chi connectivity index (χ0) is 16.0. The maximum absolute atomic E-state index is 6.08. The van der Waals surface area contributed by atoms with Gasteiger partial charge < -0.3 is 0 Å². The summed E-state index contributed by atoms with van der Waals surface area (Å²) in [6, 6.07) is 28.7. The molecule has 0 fully saturated rings. The van der Waals surface area contributed by atoms with Gasteiger partial charge in [-0.05, 0) is 0 Å². The maximum atomic E-state index is 6.08. The van der Waals surface area contributed by atoms with Gasteiger partial charge >= 0.3 is 148 Å². The van der Waals surface area contributed by atoms with Crippen molar-refractivity contribution in [3.8, 4) is 17.2 Å². The fourth-order valence-electron chi connectivity index (χ4n) is 1.92. The molecule has 0 aliphatic heterocycles. The Balaban J connectivity index is 1.85. The molecular formula is C18H16AuO3P.